The summed E-state index contributed by atoms with van der Waals surface area (Å²) < 4.78 is 5.22. The molecule has 0 aliphatic carbocycles. The third-order valence-corrected chi connectivity index (χ3v) is 3.23. The lowest BCUT2D eigenvalue weighted by molar-refractivity contribution is 0.0911. The molecule has 1 N–H and O–H groups in total. The second-order valence-corrected chi connectivity index (χ2v) is 4.20. The number of Topliss-reactive ketones (excluding diaryl/α,β-unsaturated/α-hetero) is 1. The summed E-state index contributed by atoms with van der Waals surface area (Å²) in [7, 11) is 1.60. The molecule has 1 aromatic carbocycles. The Bertz CT molecular complexity index is 389. The van der Waals surface area contributed by atoms with Crippen molar-refractivity contribution in [2.24, 2.45) is 5.92 Å². The number of hydrogen-bond acceptors (Lipinski definition) is 3. The molecule has 1 heterocycles. The molecule has 0 amide bonds. The summed E-state index contributed by atoms with van der Waals surface area (Å²) in [4.78, 5) is 12.3. The van der Waals surface area contributed by atoms with Crippen molar-refractivity contribution in [3.63, 3.8) is 0 Å². The maximum Gasteiger partial charge on any atom is 0.171 e. The molecular weight excluding hydrogens is 202 g/mol. The molecule has 0 saturated carbocycles. The van der Waals surface area contributed by atoms with E-state index in [-0.39, 0.29) is 17.7 Å². The van der Waals surface area contributed by atoms with Crippen molar-refractivity contribution in [3.8, 4) is 5.75 Å². The van der Waals surface area contributed by atoms with Crippen molar-refractivity contribution in [3.05, 3.63) is 29.8 Å². The molecule has 16 heavy (non-hydrogen) atoms. The number of nitrogens with one attached hydrogen (secondary N) is 1. The van der Waals surface area contributed by atoms with Crippen LogP contribution in [0.15, 0.2) is 24.3 Å². The second kappa shape index (κ2) is 4.66. The average Bonchev–Trinajstić information content (AvgIpc) is 2.74. The van der Waals surface area contributed by atoms with Crippen LogP contribution in [0.25, 0.3) is 0 Å². The molecule has 86 valence electrons. The number of para-hydroxylation sites is 1. The lowest BCUT2D eigenvalue weighted by Gasteiger charge is -2.15. The number of ether oxygens (including phenoxy) is 1. The summed E-state index contributed by atoms with van der Waals surface area (Å²) in [6.07, 6.45) is 0.915. The van der Waals surface area contributed by atoms with Crippen molar-refractivity contribution in [2.75, 3.05) is 13.7 Å². The Balaban J connectivity index is 2.26. The van der Waals surface area contributed by atoms with E-state index in [1.54, 1.807) is 7.11 Å². The van der Waals surface area contributed by atoms with Crippen LogP contribution in [0.2, 0.25) is 0 Å². The van der Waals surface area contributed by atoms with Gasteiger partial charge in [-0.25, -0.2) is 0 Å². The molecule has 0 bridgehead atoms. The second-order valence-electron chi connectivity index (χ2n) is 4.20. The van der Waals surface area contributed by atoms with Crippen LogP contribution in [-0.2, 0) is 0 Å². The van der Waals surface area contributed by atoms with Crippen LogP contribution in [0, 0.1) is 5.92 Å². The van der Waals surface area contributed by atoms with Gasteiger partial charge in [0.25, 0.3) is 0 Å². The van der Waals surface area contributed by atoms with Gasteiger partial charge in [0, 0.05) is 12.0 Å². The molecule has 3 nitrogen and oxygen atoms in total. The predicted octanol–water partition coefficient (Wildman–Crippen LogP) is 1.88. The van der Waals surface area contributed by atoms with Gasteiger partial charge in [-0.3, -0.25) is 4.79 Å². The van der Waals surface area contributed by atoms with Crippen LogP contribution in [0.5, 0.6) is 5.75 Å². The first-order valence-electron chi connectivity index (χ1n) is 5.64. The third-order valence-electron chi connectivity index (χ3n) is 3.23. The zero-order valence-electron chi connectivity index (χ0n) is 9.69. The third kappa shape index (κ3) is 1.95. The van der Waals surface area contributed by atoms with Crippen molar-refractivity contribution in [1.82, 2.24) is 5.32 Å². The monoisotopic (exact) mass is 219 g/mol. The number of carbonyl (C=O) groups excluding carboxylic acids is 1. The maximum atomic E-state index is 12.3. The van der Waals surface area contributed by atoms with Gasteiger partial charge in [0.1, 0.15) is 5.75 Å². The highest BCUT2D eigenvalue weighted by atomic mass is 16.5. The van der Waals surface area contributed by atoms with Crippen LogP contribution >= 0.6 is 0 Å². The number of methoxy groups -OCH3 is 1. The summed E-state index contributed by atoms with van der Waals surface area (Å²) in [5.41, 5.74) is 0.700. The number of benzene rings is 1. The summed E-state index contributed by atoms with van der Waals surface area (Å²) in [5.74, 6) is 0.942. The van der Waals surface area contributed by atoms with E-state index in [4.69, 9.17) is 4.74 Å². The smallest absolute Gasteiger partial charge is 0.171 e. The first-order valence-corrected chi connectivity index (χ1v) is 5.64. The van der Waals surface area contributed by atoms with E-state index in [9.17, 15) is 4.79 Å². The Morgan fingerprint density at radius 2 is 2.19 bits per heavy atom. The van der Waals surface area contributed by atoms with Crippen molar-refractivity contribution >= 4 is 5.78 Å². The molecule has 0 spiro atoms. The van der Waals surface area contributed by atoms with E-state index < -0.39 is 0 Å². The van der Waals surface area contributed by atoms with E-state index >= 15 is 0 Å². The summed E-state index contributed by atoms with van der Waals surface area (Å²) in [6, 6.07) is 7.69. The Morgan fingerprint density at radius 1 is 1.44 bits per heavy atom. The van der Waals surface area contributed by atoms with Gasteiger partial charge in [0.05, 0.1) is 12.7 Å². The number of hydrogen-bond donors (Lipinski definition) is 1. The number of carbonyl (C=O) groups is 1. The standard InChI is InChI=1S/C13H17NO2/c1-9-10(7-8-14-9)13(15)11-5-3-4-6-12(11)16-2/h3-6,9-10,14H,7-8H2,1-2H3. The SMILES string of the molecule is COc1ccccc1C(=O)C1CCNC1C. The summed E-state index contributed by atoms with van der Waals surface area (Å²) in [6.45, 7) is 2.98. The van der Waals surface area contributed by atoms with Crippen molar-refractivity contribution < 1.29 is 9.53 Å². The fourth-order valence-corrected chi connectivity index (χ4v) is 2.26. The van der Waals surface area contributed by atoms with Gasteiger partial charge in [-0.15, -0.1) is 0 Å². The van der Waals surface area contributed by atoms with Gasteiger partial charge in [-0.2, -0.15) is 0 Å². The first-order chi connectivity index (χ1) is 7.74. The van der Waals surface area contributed by atoms with Gasteiger partial charge in [-0.05, 0) is 32.0 Å². The van der Waals surface area contributed by atoms with Crippen LogP contribution in [-0.4, -0.2) is 25.5 Å². The lowest BCUT2D eigenvalue weighted by atomic mass is 9.91. The average molecular weight is 219 g/mol. The maximum absolute atomic E-state index is 12.3. The van der Waals surface area contributed by atoms with Gasteiger partial charge < -0.3 is 10.1 Å². The van der Waals surface area contributed by atoms with Gasteiger partial charge in [-0.1, -0.05) is 12.1 Å². The van der Waals surface area contributed by atoms with E-state index in [0.29, 0.717) is 11.3 Å². The normalized spacial score (nSPS) is 24.4. The van der Waals surface area contributed by atoms with Gasteiger partial charge >= 0.3 is 0 Å². The molecule has 3 heteroatoms. The minimum atomic E-state index is 0.0799. The summed E-state index contributed by atoms with van der Waals surface area (Å²) in [5, 5.41) is 3.30. The lowest BCUT2D eigenvalue weighted by Crippen LogP contribution is -2.28. The first kappa shape index (κ1) is 11.1. The highest BCUT2D eigenvalue weighted by molar-refractivity contribution is 6.00. The van der Waals surface area contributed by atoms with Crippen LogP contribution < -0.4 is 10.1 Å². The number of rotatable bonds is 3. The Hall–Kier alpha value is -1.35. The highest BCUT2D eigenvalue weighted by Crippen LogP contribution is 2.26. The quantitative estimate of drug-likeness (QED) is 0.789. The molecule has 1 fully saturated rings. The zero-order valence-corrected chi connectivity index (χ0v) is 9.69. The van der Waals surface area contributed by atoms with Crippen molar-refractivity contribution in [1.29, 1.82) is 0 Å². The molecule has 1 saturated heterocycles. The summed E-state index contributed by atoms with van der Waals surface area (Å²) >= 11 is 0. The minimum absolute atomic E-state index is 0.0799. The molecule has 1 aromatic rings. The number of ketones is 1. The van der Waals surface area contributed by atoms with Crippen LogP contribution in [0.4, 0.5) is 0 Å². The topological polar surface area (TPSA) is 38.3 Å². The van der Waals surface area contributed by atoms with E-state index in [1.807, 2.05) is 24.3 Å². The van der Waals surface area contributed by atoms with Crippen LogP contribution in [0.3, 0.4) is 0 Å². The Kier molecular flexibility index (Phi) is 3.25. The molecular formula is C13H17NO2. The Labute approximate surface area is 95.8 Å². The molecule has 0 aromatic heterocycles. The van der Waals surface area contributed by atoms with E-state index in [0.717, 1.165) is 13.0 Å². The molecule has 2 rings (SSSR count). The minimum Gasteiger partial charge on any atom is -0.496 e. The molecule has 2 atom stereocenters. The largest absolute Gasteiger partial charge is 0.496 e. The van der Waals surface area contributed by atoms with Crippen LogP contribution in [0.1, 0.15) is 23.7 Å². The van der Waals surface area contributed by atoms with Crippen molar-refractivity contribution in [2.45, 2.75) is 19.4 Å². The fraction of sp³-hybridized carbons (Fsp3) is 0.462. The van der Waals surface area contributed by atoms with Gasteiger partial charge in [0.2, 0.25) is 0 Å². The van der Waals surface area contributed by atoms with E-state index in [2.05, 4.69) is 12.2 Å². The molecule has 2 unspecified atom stereocenters. The van der Waals surface area contributed by atoms with E-state index in [1.165, 1.54) is 0 Å². The highest BCUT2D eigenvalue weighted by Gasteiger charge is 2.31. The Morgan fingerprint density at radius 3 is 2.81 bits per heavy atom. The molecule has 0 radical (unpaired) electrons. The fourth-order valence-electron chi connectivity index (χ4n) is 2.26. The molecule has 1 aliphatic heterocycles. The predicted molar refractivity (Wildman–Crippen MR) is 62.9 cm³/mol. The van der Waals surface area contributed by atoms with Gasteiger partial charge in [0.15, 0.2) is 5.78 Å². The molecule has 1 aliphatic rings. The zero-order chi connectivity index (χ0) is 11.5.